The highest BCUT2D eigenvalue weighted by atomic mass is 19.1. The fraction of sp³-hybridized carbons (Fsp3) is 0.375. The van der Waals surface area contributed by atoms with E-state index in [-0.39, 0.29) is 23.5 Å². The zero-order chi connectivity index (χ0) is 14.8. The molecule has 21 heavy (non-hydrogen) atoms. The molecule has 1 saturated carbocycles. The van der Waals surface area contributed by atoms with E-state index in [9.17, 15) is 14.3 Å². The third-order valence-electron chi connectivity index (χ3n) is 4.06. The smallest absolute Gasteiger partial charge is 0.253 e. The fourth-order valence-electron chi connectivity index (χ4n) is 2.90. The molecule has 5 heteroatoms. The van der Waals surface area contributed by atoms with Crippen molar-refractivity contribution in [1.82, 2.24) is 10.3 Å². The molecule has 1 aliphatic carbocycles. The number of aliphatic hydroxyl groups excluding tert-OH is 1. The molecule has 2 atom stereocenters. The number of nitrogens with zero attached hydrogens (tertiary/aromatic N) is 1. The quantitative estimate of drug-likeness (QED) is 0.910. The summed E-state index contributed by atoms with van der Waals surface area (Å²) in [5.41, 5.74) is 0.724. The van der Waals surface area contributed by atoms with E-state index in [1.54, 1.807) is 18.3 Å². The summed E-state index contributed by atoms with van der Waals surface area (Å²) in [4.78, 5) is 16.4. The van der Waals surface area contributed by atoms with Crippen LogP contribution in [0.1, 0.15) is 29.6 Å². The maximum Gasteiger partial charge on any atom is 0.253 e. The molecule has 4 nitrogen and oxygen atoms in total. The molecule has 1 heterocycles. The minimum Gasteiger partial charge on any atom is -0.393 e. The monoisotopic (exact) mass is 288 g/mol. The molecule has 0 spiro atoms. The third-order valence-corrected chi connectivity index (χ3v) is 4.06. The van der Waals surface area contributed by atoms with E-state index in [2.05, 4.69) is 10.3 Å². The van der Waals surface area contributed by atoms with Crippen molar-refractivity contribution in [2.45, 2.75) is 25.4 Å². The minimum atomic E-state index is -0.457. The molecule has 110 valence electrons. The predicted molar refractivity (Wildman–Crippen MR) is 77.4 cm³/mol. The van der Waals surface area contributed by atoms with Gasteiger partial charge in [0.15, 0.2) is 0 Å². The van der Waals surface area contributed by atoms with Crippen LogP contribution in [0, 0.1) is 11.7 Å². The molecule has 1 fully saturated rings. The number of carbonyl (C=O) groups excluding carboxylic acids is 1. The lowest BCUT2D eigenvalue weighted by Crippen LogP contribution is -2.32. The summed E-state index contributed by atoms with van der Waals surface area (Å²) in [6.07, 6.45) is 3.89. The lowest BCUT2D eigenvalue weighted by Gasteiger charge is -2.15. The number of hydrogen-bond acceptors (Lipinski definition) is 3. The average Bonchev–Trinajstić information content (AvgIpc) is 2.89. The van der Waals surface area contributed by atoms with Gasteiger partial charge in [-0.15, -0.1) is 0 Å². The number of amides is 1. The van der Waals surface area contributed by atoms with Gasteiger partial charge in [-0.05, 0) is 31.0 Å². The predicted octanol–water partition coefficient (Wildman–Crippen LogP) is 2.26. The molecular weight excluding hydrogens is 271 g/mol. The van der Waals surface area contributed by atoms with E-state index >= 15 is 0 Å². The van der Waals surface area contributed by atoms with Gasteiger partial charge in [0.2, 0.25) is 0 Å². The Balaban J connectivity index is 1.81. The van der Waals surface area contributed by atoms with Gasteiger partial charge in [-0.1, -0.05) is 12.5 Å². The van der Waals surface area contributed by atoms with Gasteiger partial charge in [0.1, 0.15) is 5.82 Å². The number of hydrogen-bond donors (Lipinski definition) is 2. The Morgan fingerprint density at radius 1 is 1.43 bits per heavy atom. The average molecular weight is 288 g/mol. The van der Waals surface area contributed by atoms with Crippen LogP contribution in [0.15, 0.2) is 30.5 Å². The number of aliphatic hydroxyl groups is 1. The van der Waals surface area contributed by atoms with E-state index < -0.39 is 5.82 Å². The molecule has 1 aromatic carbocycles. The molecular formula is C16H17FN2O2. The molecule has 1 aliphatic rings. The zero-order valence-electron chi connectivity index (χ0n) is 11.6. The first kappa shape index (κ1) is 13.9. The first-order valence-corrected chi connectivity index (χ1v) is 7.15. The summed E-state index contributed by atoms with van der Waals surface area (Å²) in [7, 11) is 0. The summed E-state index contributed by atoms with van der Waals surface area (Å²) >= 11 is 0. The Morgan fingerprint density at radius 3 is 3.05 bits per heavy atom. The largest absolute Gasteiger partial charge is 0.393 e. The van der Waals surface area contributed by atoms with Gasteiger partial charge in [-0.25, -0.2) is 4.39 Å². The number of halogens is 1. The second kappa shape index (κ2) is 5.77. The summed E-state index contributed by atoms with van der Waals surface area (Å²) in [6.45, 7) is 0.408. The third kappa shape index (κ3) is 2.88. The maximum atomic E-state index is 13.6. The van der Waals surface area contributed by atoms with Gasteiger partial charge in [0.05, 0.1) is 17.2 Å². The summed E-state index contributed by atoms with van der Waals surface area (Å²) in [5, 5.41) is 13.2. The Bertz CT molecular complexity index is 674. The minimum absolute atomic E-state index is 0.0849. The first-order valence-electron chi connectivity index (χ1n) is 7.15. The number of nitrogens with one attached hydrogen (secondary N) is 1. The molecule has 2 N–H and O–H groups in total. The molecule has 0 bridgehead atoms. The standard InChI is InChI=1S/C16H17FN2O2/c17-12-7-10-4-2-6-18-15(10)13(8-12)16(21)19-9-11-3-1-5-14(11)20/h2,4,6-8,11,14,20H,1,3,5,9H2,(H,19,21). The second-order valence-corrected chi connectivity index (χ2v) is 5.50. The lowest BCUT2D eigenvalue weighted by atomic mass is 10.1. The van der Waals surface area contributed by atoms with Crippen LogP contribution in [0.2, 0.25) is 0 Å². The number of benzene rings is 1. The second-order valence-electron chi connectivity index (χ2n) is 5.50. The summed E-state index contributed by atoms with van der Waals surface area (Å²) in [5.74, 6) is -0.722. The van der Waals surface area contributed by atoms with Crippen LogP contribution in [0.25, 0.3) is 10.9 Å². The fourth-order valence-corrected chi connectivity index (χ4v) is 2.90. The van der Waals surface area contributed by atoms with Gasteiger partial charge in [0.25, 0.3) is 5.91 Å². The molecule has 0 saturated heterocycles. The van der Waals surface area contributed by atoms with E-state index in [1.807, 2.05) is 0 Å². The Hall–Kier alpha value is -2.01. The Labute approximate surface area is 122 Å². The molecule has 0 radical (unpaired) electrons. The highest BCUT2D eigenvalue weighted by Crippen LogP contribution is 2.25. The van der Waals surface area contributed by atoms with Gasteiger partial charge in [-0.3, -0.25) is 9.78 Å². The van der Waals surface area contributed by atoms with Gasteiger partial charge in [-0.2, -0.15) is 0 Å². The normalized spacial score (nSPS) is 21.6. The number of fused-ring (bicyclic) bond motifs is 1. The molecule has 1 amide bonds. The first-order chi connectivity index (χ1) is 10.1. The van der Waals surface area contributed by atoms with Crippen LogP contribution in [0.3, 0.4) is 0 Å². The molecule has 2 aromatic rings. The Morgan fingerprint density at radius 2 is 2.29 bits per heavy atom. The van der Waals surface area contributed by atoms with Crippen molar-refractivity contribution >= 4 is 16.8 Å². The van der Waals surface area contributed by atoms with Crippen molar-refractivity contribution in [2.24, 2.45) is 5.92 Å². The SMILES string of the molecule is O=C(NCC1CCCC1O)c1cc(F)cc2cccnc12. The summed E-state index contributed by atoms with van der Waals surface area (Å²) < 4.78 is 13.6. The molecule has 2 unspecified atom stereocenters. The summed E-state index contributed by atoms with van der Waals surface area (Å²) in [6, 6.07) is 6.00. The molecule has 0 aliphatic heterocycles. The van der Waals surface area contributed by atoms with E-state index in [1.165, 1.54) is 12.1 Å². The zero-order valence-corrected chi connectivity index (χ0v) is 11.6. The van der Waals surface area contributed by atoms with Crippen molar-refractivity contribution in [2.75, 3.05) is 6.54 Å². The van der Waals surface area contributed by atoms with Crippen LogP contribution in [0.5, 0.6) is 0 Å². The van der Waals surface area contributed by atoms with Crippen molar-refractivity contribution < 1.29 is 14.3 Å². The lowest BCUT2D eigenvalue weighted by molar-refractivity contribution is 0.0918. The van der Waals surface area contributed by atoms with E-state index in [0.717, 1.165) is 19.3 Å². The highest BCUT2D eigenvalue weighted by Gasteiger charge is 2.25. The number of rotatable bonds is 3. The molecule has 3 rings (SSSR count). The van der Waals surface area contributed by atoms with Crippen LogP contribution in [-0.2, 0) is 0 Å². The van der Waals surface area contributed by atoms with Gasteiger partial charge in [0, 0.05) is 24.0 Å². The highest BCUT2D eigenvalue weighted by molar-refractivity contribution is 6.05. The van der Waals surface area contributed by atoms with E-state index in [0.29, 0.717) is 17.4 Å². The van der Waals surface area contributed by atoms with Crippen molar-refractivity contribution in [3.05, 3.63) is 41.8 Å². The molecule has 1 aromatic heterocycles. The van der Waals surface area contributed by atoms with Crippen LogP contribution < -0.4 is 5.32 Å². The number of carbonyl (C=O) groups is 1. The van der Waals surface area contributed by atoms with Crippen LogP contribution in [-0.4, -0.2) is 28.6 Å². The van der Waals surface area contributed by atoms with Crippen molar-refractivity contribution in [3.63, 3.8) is 0 Å². The van der Waals surface area contributed by atoms with Crippen molar-refractivity contribution in [1.29, 1.82) is 0 Å². The van der Waals surface area contributed by atoms with Crippen molar-refractivity contribution in [3.8, 4) is 0 Å². The topological polar surface area (TPSA) is 62.2 Å². The number of aromatic nitrogens is 1. The van der Waals surface area contributed by atoms with Crippen LogP contribution in [0.4, 0.5) is 4.39 Å². The van der Waals surface area contributed by atoms with Gasteiger partial charge >= 0.3 is 0 Å². The maximum absolute atomic E-state index is 13.6. The van der Waals surface area contributed by atoms with Crippen LogP contribution >= 0.6 is 0 Å². The number of pyridine rings is 1. The Kier molecular flexibility index (Phi) is 3.84. The van der Waals surface area contributed by atoms with E-state index in [4.69, 9.17) is 0 Å². The van der Waals surface area contributed by atoms with Gasteiger partial charge < -0.3 is 10.4 Å².